The second kappa shape index (κ2) is 6.81. The van der Waals surface area contributed by atoms with Crippen LogP contribution in [-0.4, -0.2) is 43.2 Å². The molecule has 100 valence electrons. The highest BCUT2D eigenvalue weighted by Gasteiger charge is 2.31. The number of hydrogen-bond acceptors (Lipinski definition) is 3. The molecule has 0 bridgehead atoms. The van der Waals surface area contributed by atoms with E-state index in [9.17, 15) is 0 Å². The molecule has 17 heavy (non-hydrogen) atoms. The number of rotatable bonds is 6. The third-order valence-corrected chi connectivity index (χ3v) is 2.70. The van der Waals surface area contributed by atoms with Gasteiger partial charge in [0.15, 0.2) is 0 Å². The van der Waals surface area contributed by atoms with Crippen LogP contribution in [0.1, 0.15) is 33.6 Å². The summed E-state index contributed by atoms with van der Waals surface area (Å²) in [6.45, 7) is 8.06. The first kappa shape index (κ1) is 14.3. The maximum Gasteiger partial charge on any atom is 0.209 e. The minimum absolute atomic E-state index is 0.125. The summed E-state index contributed by atoms with van der Waals surface area (Å²) in [6, 6.07) is 0.737. The van der Waals surface area contributed by atoms with Crippen LogP contribution in [0.5, 0.6) is 0 Å². The molecule has 0 spiro atoms. The van der Waals surface area contributed by atoms with Gasteiger partial charge in [0.25, 0.3) is 0 Å². The largest absolute Gasteiger partial charge is 0.382 e. The van der Waals surface area contributed by atoms with Crippen molar-refractivity contribution in [2.45, 2.75) is 45.7 Å². The predicted molar refractivity (Wildman–Crippen MR) is 70.7 cm³/mol. The van der Waals surface area contributed by atoms with Crippen LogP contribution in [-0.2, 0) is 4.74 Å². The van der Waals surface area contributed by atoms with Gasteiger partial charge in [-0.1, -0.05) is 13.8 Å². The maximum atomic E-state index is 5.60. The highest BCUT2D eigenvalue weighted by molar-refractivity contribution is 5.80. The van der Waals surface area contributed by atoms with Gasteiger partial charge in [0.1, 0.15) is 0 Å². The van der Waals surface area contributed by atoms with E-state index in [1.54, 1.807) is 7.11 Å². The number of aliphatic imine (C=N–C) groups is 1. The van der Waals surface area contributed by atoms with Gasteiger partial charge < -0.3 is 9.64 Å². The third-order valence-electron chi connectivity index (χ3n) is 2.70. The van der Waals surface area contributed by atoms with Gasteiger partial charge >= 0.3 is 0 Å². The van der Waals surface area contributed by atoms with Crippen LogP contribution in [0.3, 0.4) is 0 Å². The Labute approximate surface area is 104 Å². The fraction of sp³-hybridized carbons (Fsp3) is 0.917. The molecule has 0 aromatic carbocycles. The first-order chi connectivity index (χ1) is 8.08. The molecule has 1 aliphatic rings. The van der Waals surface area contributed by atoms with Gasteiger partial charge in [-0.05, 0) is 25.7 Å². The van der Waals surface area contributed by atoms with Gasteiger partial charge in [0, 0.05) is 19.7 Å². The quantitative estimate of drug-likeness (QED) is 0.315. The molecule has 0 amide bonds. The summed E-state index contributed by atoms with van der Waals surface area (Å²) in [7, 11) is 1.69. The molecular weight excluding hydrogens is 216 g/mol. The lowest BCUT2D eigenvalue weighted by Crippen LogP contribution is -2.48. The molecule has 1 atom stereocenters. The van der Waals surface area contributed by atoms with Gasteiger partial charge in [-0.25, -0.2) is 10.8 Å². The van der Waals surface area contributed by atoms with Crippen LogP contribution in [0.25, 0.3) is 0 Å². The molecule has 5 heteroatoms. The van der Waals surface area contributed by atoms with E-state index < -0.39 is 0 Å². The van der Waals surface area contributed by atoms with E-state index in [-0.39, 0.29) is 6.04 Å². The molecule has 5 nitrogen and oxygen atoms in total. The average molecular weight is 242 g/mol. The highest BCUT2D eigenvalue weighted by atomic mass is 16.5. The van der Waals surface area contributed by atoms with Crippen LogP contribution < -0.4 is 11.3 Å². The van der Waals surface area contributed by atoms with E-state index in [4.69, 9.17) is 10.6 Å². The molecule has 1 rings (SSSR count). The van der Waals surface area contributed by atoms with Crippen molar-refractivity contribution in [2.24, 2.45) is 16.8 Å². The normalized spacial score (nSPS) is 18.4. The Hall–Kier alpha value is -0.810. The Bertz CT molecular complexity index is 251. The van der Waals surface area contributed by atoms with E-state index in [1.165, 1.54) is 12.8 Å². The van der Waals surface area contributed by atoms with Gasteiger partial charge in [0.05, 0.1) is 12.6 Å². The van der Waals surface area contributed by atoms with Crippen LogP contribution >= 0.6 is 0 Å². The second-order valence-electron chi connectivity index (χ2n) is 5.18. The van der Waals surface area contributed by atoms with Crippen molar-refractivity contribution in [3.8, 4) is 0 Å². The SMILES string of the molecule is COCC(C)N=C(NN)N(CC(C)C)C1CC1. The molecule has 0 heterocycles. The number of nitrogens with zero attached hydrogens (tertiary/aromatic N) is 2. The molecule has 0 radical (unpaired) electrons. The number of nitrogens with one attached hydrogen (secondary N) is 1. The van der Waals surface area contributed by atoms with Crippen LogP contribution in [0.4, 0.5) is 0 Å². The molecule has 1 fully saturated rings. The number of methoxy groups -OCH3 is 1. The van der Waals surface area contributed by atoms with Gasteiger partial charge in [-0.2, -0.15) is 0 Å². The minimum Gasteiger partial charge on any atom is -0.382 e. The minimum atomic E-state index is 0.125. The van der Waals surface area contributed by atoms with E-state index in [0.29, 0.717) is 18.6 Å². The second-order valence-corrected chi connectivity index (χ2v) is 5.18. The molecule has 0 aromatic heterocycles. The first-order valence-corrected chi connectivity index (χ1v) is 6.38. The van der Waals surface area contributed by atoms with Gasteiger partial charge in [-0.3, -0.25) is 5.43 Å². The maximum absolute atomic E-state index is 5.60. The zero-order valence-corrected chi connectivity index (χ0v) is 11.4. The van der Waals surface area contributed by atoms with Crippen molar-refractivity contribution in [2.75, 3.05) is 20.3 Å². The summed E-state index contributed by atoms with van der Waals surface area (Å²) in [5.74, 6) is 7.00. The highest BCUT2D eigenvalue weighted by Crippen LogP contribution is 2.27. The zero-order chi connectivity index (χ0) is 12.8. The summed E-state index contributed by atoms with van der Waals surface area (Å²) in [5.41, 5.74) is 2.74. The standard InChI is InChI=1S/C12H26N4O/c1-9(2)7-16(11-5-6-11)12(15-13)14-10(3)8-17-4/h9-11H,5-8,13H2,1-4H3,(H,14,15). The molecule has 0 saturated heterocycles. The van der Waals surface area contributed by atoms with E-state index in [1.807, 2.05) is 6.92 Å². The Morgan fingerprint density at radius 3 is 2.53 bits per heavy atom. The van der Waals surface area contributed by atoms with Gasteiger partial charge in [0.2, 0.25) is 5.96 Å². The first-order valence-electron chi connectivity index (χ1n) is 6.38. The van der Waals surface area contributed by atoms with Crippen molar-refractivity contribution in [3.05, 3.63) is 0 Å². The lowest BCUT2D eigenvalue weighted by molar-refractivity contribution is 0.185. The fourth-order valence-corrected chi connectivity index (χ4v) is 1.87. The Morgan fingerprint density at radius 2 is 2.12 bits per heavy atom. The number of hydrogen-bond donors (Lipinski definition) is 2. The molecular formula is C12H26N4O. The van der Waals surface area contributed by atoms with E-state index in [0.717, 1.165) is 12.5 Å². The summed E-state index contributed by atoms with van der Waals surface area (Å²) in [6.07, 6.45) is 2.48. The number of guanidine groups is 1. The van der Waals surface area contributed by atoms with Gasteiger partial charge in [-0.15, -0.1) is 0 Å². The number of ether oxygens (including phenoxy) is 1. The lowest BCUT2D eigenvalue weighted by Gasteiger charge is -2.28. The summed E-state index contributed by atoms with van der Waals surface area (Å²) < 4.78 is 5.09. The third kappa shape index (κ3) is 4.91. The Balaban J connectivity index is 2.66. The summed E-state index contributed by atoms with van der Waals surface area (Å²) in [4.78, 5) is 6.87. The molecule has 1 saturated carbocycles. The molecule has 3 N–H and O–H groups in total. The predicted octanol–water partition coefficient (Wildman–Crippen LogP) is 0.961. The molecule has 0 aromatic rings. The van der Waals surface area contributed by atoms with E-state index in [2.05, 4.69) is 29.2 Å². The van der Waals surface area contributed by atoms with Crippen molar-refractivity contribution in [1.29, 1.82) is 0 Å². The molecule has 1 unspecified atom stereocenters. The van der Waals surface area contributed by atoms with Crippen molar-refractivity contribution in [3.63, 3.8) is 0 Å². The number of hydrazine groups is 1. The molecule has 1 aliphatic carbocycles. The lowest BCUT2D eigenvalue weighted by atomic mass is 10.2. The van der Waals surface area contributed by atoms with Crippen molar-refractivity contribution in [1.82, 2.24) is 10.3 Å². The topological polar surface area (TPSA) is 62.9 Å². The van der Waals surface area contributed by atoms with E-state index >= 15 is 0 Å². The van der Waals surface area contributed by atoms with Crippen LogP contribution in [0, 0.1) is 5.92 Å². The zero-order valence-electron chi connectivity index (χ0n) is 11.4. The molecule has 0 aliphatic heterocycles. The van der Waals surface area contributed by atoms with Crippen LogP contribution in [0.2, 0.25) is 0 Å². The number of nitrogens with two attached hydrogens (primary N) is 1. The smallest absolute Gasteiger partial charge is 0.209 e. The van der Waals surface area contributed by atoms with Crippen LogP contribution in [0.15, 0.2) is 4.99 Å². The Kier molecular flexibility index (Phi) is 5.71. The monoisotopic (exact) mass is 242 g/mol. The fourth-order valence-electron chi connectivity index (χ4n) is 1.87. The van der Waals surface area contributed by atoms with Crippen molar-refractivity contribution >= 4 is 5.96 Å². The average Bonchev–Trinajstić information content (AvgIpc) is 3.07. The summed E-state index contributed by atoms with van der Waals surface area (Å²) >= 11 is 0. The summed E-state index contributed by atoms with van der Waals surface area (Å²) in [5, 5.41) is 0. The Morgan fingerprint density at radius 1 is 1.47 bits per heavy atom. The van der Waals surface area contributed by atoms with Crippen molar-refractivity contribution < 1.29 is 4.74 Å².